The number of thiazole rings is 1. The zero-order chi connectivity index (χ0) is 23.1. The van der Waals surface area contributed by atoms with Gasteiger partial charge in [0.25, 0.3) is 0 Å². The van der Waals surface area contributed by atoms with Gasteiger partial charge in [-0.3, -0.25) is 9.88 Å². The van der Waals surface area contributed by atoms with E-state index in [9.17, 15) is 0 Å². The van der Waals surface area contributed by atoms with Crippen LogP contribution in [0.15, 0.2) is 66.9 Å². The van der Waals surface area contributed by atoms with Crippen LogP contribution in [0.4, 0.5) is 20.9 Å². The van der Waals surface area contributed by atoms with Gasteiger partial charge in [-0.15, -0.1) is 0 Å². The van der Waals surface area contributed by atoms with Crippen LogP contribution < -0.4 is 11.1 Å². The molecule has 0 spiro atoms. The van der Waals surface area contributed by atoms with Crippen molar-refractivity contribution in [1.29, 1.82) is 0 Å². The molecule has 1 fully saturated rings. The summed E-state index contributed by atoms with van der Waals surface area (Å²) in [5, 5.41) is 4.96. The number of aromatic nitrogens is 2. The van der Waals surface area contributed by atoms with Gasteiger partial charge in [-0.25, -0.2) is 9.37 Å². The molecule has 6 rings (SSSR count). The maximum absolute atomic E-state index is 15.1. The van der Waals surface area contributed by atoms with Gasteiger partial charge in [-0.05, 0) is 79.5 Å². The molecule has 1 saturated heterocycles. The van der Waals surface area contributed by atoms with Crippen LogP contribution >= 0.6 is 11.3 Å². The van der Waals surface area contributed by atoms with Gasteiger partial charge in [-0.2, -0.15) is 0 Å². The summed E-state index contributed by atoms with van der Waals surface area (Å²) < 4.78 is 16.2. The molecule has 34 heavy (non-hydrogen) atoms. The molecule has 5 nitrogen and oxygen atoms in total. The lowest BCUT2D eigenvalue weighted by Crippen LogP contribution is -2.18. The summed E-state index contributed by atoms with van der Waals surface area (Å²) in [5.41, 5.74) is 11.8. The molecular weight excluding hydrogens is 445 g/mol. The number of likely N-dealkylation sites (tertiary alicyclic amines) is 1. The Morgan fingerprint density at radius 2 is 1.85 bits per heavy atom. The Morgan fingerprint density at radius 3 is 2.71 bits per heavy atom. The van der Waals surface area contributed by atoms with Gasteiger partial charge in [0.05, 0.1) is 15.7 Å². The van der Waals surface area contributed by atoms with Gasteiger partial charge in [0, 0.05) is 35.1 Å². The molecule has 5 aromatic rings. The number of nitrogen functional groups attached to an aromatic ring is 1. The molecule has 7 heteroatoms. The Balaban J connectivity index is 1.33. The standard InChI is InChI=1S/C27H24FN5S/c28-22-13-17(16-33-11-1-2-12-33)3-6-20(22)18-4-7-23-21(14-18)24(9-10-30-23)31-19-5-8-26-25(15-19)32-27(29)34-26/h3-10,13-15H,1-2,11-12,16H2,(H2,29,32)(H,30,31). The van der Waals surface area contributed by atoms with Crippen LogP contribution in [0.25, 0.3) is 32.2 Å². The molecule has 3 heterocycles. The molecule has 3 N–H and O–H groups in total. The van der Waals surface area contributed by atoms with Crippen molar-refractivity contribution >= 4 is 49.0 Å². The minimum atomic E-state index is -0.194. The van der Waals surface area contributed by atoms with Crippen LogP contribution in [0.5, 0.6) is 0 Å². The van der Waals surface area contributed by atoms with Gasteiger partial charge in [0.2, 0.25) is 0 Å². The predicted octanol–water partition coefficient (Wildman–Crippen LogP) is 6.57. The van der Waals surface area contributed by atoms with E-state index in [1.54, 1.807) is 12.3 Å². The summed E-state index contributed by atoms with van der Waals surface area (Å²) in [5.74, 6) is -0.194. The smallest absolute Gasteiger partial charge is 0.181 e. The number of nitrogens with zero attached hydrogens (tertiary/aromatic N) is 3. The fourth-order valence-corrected chi connectivity index (χ4v) is 5.41. The van der Waals surface area contributed by atoms with E-state index in [0.717, 1.165) is 63.3 Å². The largest absolute Gasteiger partial charge is 0.375 e. The summed E-state index contributed by atoms with van der Waals surface area (Å²) >= 11 is 1.47. The minimum absolute atomic E-state index is 0.194. The number of hydrogen-bond donors (Lipinski definition) is 2. The van der Waals surface area contributed by atoms with Crippen molar-refractivity contribution < 1.29 is 4.39 Å². The normalized spacial score (nSPS) is 14.3. The average Bonchev–Trinajstić information content (AvgIpc) is 3.47. The maximum Gasteiger partial charge on any atom is 0.181 e. The highest BCUT2D eigenvalue weighted by atomic mass is 32.1. The number of halogens is 1. The Morgan fingerprint density at radius 1 is 0.971 bits per heavy atom. The Kier molecular flexibility index (Phi) is 5.36. The summed E-state index contributed by atoms with van der Waals surface area (Å²) in [4.78, 5) is 11.3. The van der Waals surface area contributed by atoms with Crippen molar-refractivity contribution in [3.05, 3.63) is 78.2 Å². The lowest BCUT2D eigenvalue weighted by atomic mass is 10.0. The fraction of sp³-hybridized carbons (Fsp3) is 0.185. The summed E-state index contributed by atoms with van der Waals surface area (Å²) in [6.07, 6.45) is 4.24. The van der Waals surface area contributed by atoms with Crippen molar-refractivity contribution in [2.24, 2.45) is 0 Å². The summed E-state index contributed by atoms with van der Waals surface area (Å²) in [6, 6.07) is 19.4. The van der Waals surface area contributed by atoms with E-state index in [1.165, 1.54) is 24.2 Å². The van der Waals surface area contributed by atoms with Crippen LogP contribution in [0.1, 0.15) is 18.4 Å². The molecular formula is C27H24FN5S. The molecule has 0 amide bonds. The quantitative estimate of drug-likeness (QED) is 0.305. The monoisotopic (exact) mass is 469 g/mol. The molecule has 1 aliphatic rings. The van der Waals surface area contributed by atoms with Crippen molar-refractivity contribution in [1.82, 2.24) is 14.9 Å². The predicted molar refractivity (Wildman–Crippen MR) is 139 cm³/mol. The van der Waals surface area contributed by atoms with E-state index >= 15 is 4.39 Å². The second kappa shape index (κ2) is 8.66. The SMILES string of the molecule is Nc1nc2cc(Nc3ccnc4ccc(-c5ccc(CN6CCCC6)cc5F)cc34)ccc2s1. The van der Waals surface area contributed by atoms with E-state index in [4.69, 9.17) is 5.73 Å². The van der Waals surface area contributed by atoms with Crippen LogP contribution in [0.2, 0.25) is 0 Å². The molecule has 0 bridgehead atoms. The lowest BCUT2D eigenvalue weighted by molar-refractivity contribution is 0.331. The van der Waals surface area contributed by atoms with Crippen LogP contribution in [-0.4, -0.2) is 28.0 Å². The number of rotatable bonds is 5. The number of pyridine rings is 1. The molecule has 0 radical (unpaired) electrons. The van der Waals surface area contributed by atoms with Gasteiger partial charge in [-0.1, -0.05) is 29.5 Å². The third-order valence-corrected chi connectivity index (χ3v) is 7.24. The summed E-state index contributed by atoms with van der Waals surface area (Å²) in [7, 11) is 0. The first-order valence-corrected chi connectivity index (χ1v) is 12.3. The number of hydrogen-bond acceptors (Lipinski definition) is 6. The number of anilines is 3. The van der Waals surface area contributed by atoms with Crippen LogP contribution in [0, 0.1) is 5.82 Å². The lowest BCUT2D eigenvalue weighted by Gasteiger charge is -2.15. The fourth-order valence-electron chi connectivity index (χ4n) is 4.69. The van der Waals surface area contributed by atoms with Gasteiger partial charge >= 0.3 is 0 Å². The first kappa shape index (κ1) is 21.0. The summed E-state index contributed by atoms with van der Waals surface area (Å²) in [6.45, 7) is 3.00. The van der Waals surface area contributed by atoms with Gasteiger partial charge in [0.1, 0.15) is 5.82 Å². The molecule has 3 aromatic carbocycles. The molecule has 1 aliphatic heterocycles. The number of fused-ring (bicyclic) bond motifs is 2. The van der Waals surface area contributed by atoms with Crippen LogP contribution in [-0.2, 0) is 6.54 Å². The van der Waals surface area contributed by atoms with E-state index < -0.39 is 0 Å². The molecule has 0 unspecified atom stereocenters. The van der Waals surface area contributed by atoms with Crippen molar-refractivity contribution in [3.8, 4) is 11.1 Å². The van der Waals surface area contributed by atoms with E-state index in [2.05, 4.69) is 20.2 Å². The Labute approximate surface area is 201 Å². The maximum atomic E-state index is 15.1. The van der Waals surface area contributed by atoms with Gasteiger partial charge < -0.3 is 11.1 Å². The Bertz CT molecular complexity index is 1510. The van der Waals surface area contributed by atoms with Crippen molar-refractivity contribution in [2.75, 3.05) is 24.1 Å². The average molecular weight is 470 g/mol. The van der Waals surface area contributed by atoms with Gasteiger partial charge in [0.15, 0.2) is 5.13 Å². The Hall–Kier alpha value is -3.55. The van der Waals surface area contributed by atoms with Crippen molar-refractivity contribution in [3.63, 3.8) is 0 Å². The molecule has 170 valence electrons. The number of benzene rings is 3. The van der Waals surface area contributed by atoms with E-state index in [-0.39, 0.29) is 5.82 Å². The first-order chi connectivity index (χ1) is 16.6. The van der Waals surface area contributed by atoms with Crippen LogP contribution in [0.3, 0.4) is 0 Å². The highest BCUT2D eigenvalue weighted by Crippen LogP contribution is 2.33. The molecule has 2 aromatic heterocycles. The molecule has 0 aliphatic carbocycles. The zero-order valence-electron chi connectivity index (χ0n) is 18.6. The zero-order valence-corrected chi connectivity index (χ0v) is 19.4. The third-order valence-electron chi connectivity index (χ3n) is 6.37. The molecule has 0 atom stereocenters. The van der Waals surface area contributed by atoms with E-state index in [1.807, 2.05) is 54.6 Å². The number of nitrogens with two attached hydrogens (primary N) is 1. The minimum Gasteiger partial charge on any atom is -0.375 e. The highest BCUT2D eigenvalue weighted by molar-refractivity contribution is 7.22. The topological polar surface area (TPSA) is 67.1 Å². The number of nitrogens with one attached hydrogen (secondary N) is 1. The second-order valence-corrected chi connectivity index (χ2v) is 9.81. The highest BCUT2D eigenvalue weighted by Gasteiger charge is 2.14. The van der Waals surface area contributed by atoms with Crippen molar-refractivity contribution in [2.45, 2.75) is 19.4 Å². The third kappa shape index (κ3) is 4.08. The van der Waals surface area contributed by atoms with E-state index in [0.29, 0.717) is 10.7 Å². The second-order valence-electron chi connectivity index (χ2n) is 8.75. The first-order valence-electron chi connectivity index (χ1n) is 11.5. The molecule has 0 saturated carbocycles.